The summed E-state index contributed by atoms with van der Waals surface area (Å²) < 4.78 is 43.7. The Balaban J connectivity index is 1.74. The summed E-state index contributed by atoms with van der Waals surface area (Å²) in [6.45, 7) is 0.371. The molecule has 24 heavy (non-hydrogen) atoms. The molecule has 3 aromatic rings. The largest absolute Gasteiger partial charge is 0.451 e. The standard InChI is InChI=1S/C17H12F3NO2S/c18-17(19,20)12-4-1-3-11(9-12)14-6-7-15(23-14)16(22)21-10-13-5-2-8-24-13/h1-9H,10H2,(H,21,22). The predicted octanol–water partition coefficient (Wildman–Crippen LogP) is 4.96. The maximum absolute atomic E-state index is 12.8. The molecule has 1 amide bonds. The molecule has 1 N–H and O–H groups in total. The van der Waals surface area contributed by atoms with Crippen molar-refractivity contribution in [1.82, 2.24) is 5.32 Å². The second-order valence-corrected chi connectivity index (χ2v) is 6.04. The Bertz CT molecular complexity index is 838. The van der Waals surface area contributed by atoms with Gasteiger partial charge in [-0.3, -0.25) is 4.79 Å². The zero-order chi connectivity index (χ0) is 17.2. The zero-order valence-corrected chi connectivity index (χ0v) is 13.1. The molecule has 7 heteroatoms. The number of hydrogen-bond donors (Lipinski definition) is 1. The van der Waals surface area contributed by atoms with Crippen molar-refractivity contribution in [2.45, 2.75) is 12.7 Å². The molecule has 2 aromatic heterocycles. The van der Waals surface area contributed by atoms with E-state index in [1.165, 1.54) is 35.6 Å². The molecule has 2 heterocycles. The molecule has 0 bridgehead atoms. The van der Waals surface area contributed by atoms with Gasteiger partial charge in [0.2, 0.25) is 0 Å². The van der Waals surface area contributed by atoms with Gasteiger partial charge in [0.25, 0.3) is 5.91 Å². The molecule has 3 nitrogen and oxygen atoms in total. The smallest absolute Gasteiger partial charge is 0.416 e. The number of alkyl halides is 3. The van der Waals surface area contributed by atoms with Crippen LogP contribution in [0.4, 0.5) is 13.2 Å². The van der Waals surface area contributed by atoms with Crippen LogP contribution in [0, 0.1) is 0 Å². The van der Waals surface area contributed by atoms with Gasteiger partial charge in [-0.1, -0.05) is 18.2 Å². The number of carbonyl (C=O) groups excluding carboxylic acids is 1. The summed E-state index contributed by atoms with van der Waals surface area (Å²) in [6.07, 6.45) is -4.43. The SMILES string of the molecule is O=C(NCc1cccs1)c1ccc(-c2cccc(C(F)(F)F)c2)o1. The van der Waals surface area contributed by atoms with Gasteiger partial charge in [0, 0.05) is 10.4 Å². The fourth-order valence-corrected chi connectivity index (χ4v) is 2.78. The maximum Gasteiger partial charge on any atom is 0.416 e. The van der Waals surface area contributed by atoms with Crippen LogP contribution in [0.25, 0.3) is 11.3 Å². The number of carbonyl (C=O) groups is 1. The maximum atomic E-state index is 12.8. The summed E-state index contributed by atoms with van der Waals surface area (Å²) >= 11 is 1.51. The van der Waals surface area contributed by atoms with Crippen LogP contribution in [0.5, 0.6) is 0 Å². The van der Waals surface area contributed by atoms with Crippen molar-refractivity contribution in [1.29, 1.82) is 0 Å². The molecule has 0 aliphatic carbocycles. The lowest BCUT2D eigenvalue weighted by Gasteiger charge is -2.07. The van der Waals surface area contributed by atoms with Crippen molar-refractivity contribution in [2.75, 3.05) is 0 Å². The number of halogens is 3. The molecule has 0 aliphatic heterocycles. The molecular formula is C17H12F3NO2S. The highest BCUT2D eigenvalue weighted by molar-refractivity contribution is 7.09. The van der Waals surface area contributed by atoms with E-state index in [1.54, 1.807) is 0 Å². The first kappa shape index (κ1) is 16.3. The van der Waals surface area contributed by atoms with Gasteiger partial charge in [-0.25, -0.2) is 0 Å². The van der Waals surface area contributed by atoms with E-state index in [2.05, 4.69) is 5.32 Å². The molecule has 0 unspecified atom stereocenters. The average Bonchev–Trinajstić information content (AvgIpc) is 3.23. The first-order chi connectivity index (χ1) is 11.4. The quantitative estimate of drug-likeness (QED) is 0.722. The number of rotatable bonds is 4. The molecule has 124 valence electrons. The fourth-order valence-electron chi connectivity index (χ4n) is 2.13. The number of furan rings is 1. The lowest BCUT2D eigenvalue weighted by Crippen LogP contribution is -2.21. The third kappa shape index (κ3) is 3.68. The van der Waals surface area contributed by atoms with Gasteiger partial charge in [0.05, 0.1) is 12.1 Å². The Morgan fingerprint density at radius 1 is 1.12 bits per heavy atom. The predicted molar refractivity (Wildman–Crippen MR) is 84.6 cm³/mol. The minimum Gasteiger partial charge on any atom is -0.451 e. The lowest BCUT2D eigenvalue weighted by atomic mass is 10.1. The highest BCUT2D eigenvalue weighted by Gasteiger charge is 2.30. The highest BCUT2D eigenvalue weighted by atomic mass is 32.1. The summed E-state index contributed by atoms with van der Waals surface area (Å²) in [5.74, 6) is -0.150. The summed E-state index contributed by atoms with van der Waals surface area (Å²) in [4.78, 5) is 13.0. The van der Waals surface area contributed by atoms with Crippen LogP contribution in [-0.4, -0.2) is 5.91 Å². The highest BCUT2D eigenvalue weighted by Crippen LogP contribution is 2.32. The van der Waals surface area contributed by atoms with Crippen molar-refractivity contribution >= 4 is 17.2 Å². The number of hydrogen-bond acceptors (Lipinski definition) is 3. The molecule has 0 fully saturated rings. The number of thiophene rings is 1. The van der Waals surface area contributed by atoms with Gasteiger partial charge in [-0.2, -0.15) is 13.2 Å². The first-order valence-corrected chi connectivity index (χ1v) is 7.89. The third-order valence-electron chi connectivity index (χ3n) is 3.31. The van der Waals surface area contributed by atoms with Crippen LogP contribution in [0.15, 0.2) is 58.3 Å². The van der Waals surface area contributed by atoms with Crippen LogP contribution >= 0.6 is 11.3 Å². The van der Waals surface area contributed by atoms with Crippen molar-refractivity contribution in [2.24, 2.45) is 0 Å². The normalized spacial score (nSPS) is 11.5. The fraction of sp³-hybridized carbons (Fsp3) is 0.118. The zero-order valence-electron chi connectivity index (χ0n) is 12.3. The molecule has 0 aliphatic rings. The Morgan fingerprint density at radius 2 is 1.96 bits per heavy atom. The summed E-state index contributed by atoms with van der Waals surface area (Å²) in [5.41, 5.74) is -0.498. The van der Waals surface area contributed by atoms with Crippen LogP contribution in [0.3, 0.4) is 0 Å². The monoisotopic (exact) mass is 351 g/mol. The van der Waals surface area contributed by atoms with Crippen molar-refractivity contribution in [3.05, 3.63) is 70.1 Å². The van der Waals surface area contributed by atoms with Crippen LogP contribution in [-0.2, 0) is 12.7 Å². The van der Waals surface area contributed by atoms with E-state index < -0.39 is 17.6 Å². The van der Waals surface area contributed by atoms with Crippen molar-refractivity contribution in [3.8, 4) is 11.3 Å². The topological polar surface area (TPSA) is 42.2 Å². The van der Waals surface area contributed by atoms with Crippen molar-refractivity contribution < 1.29 is 22.4 Å². The molecule has 0 atom stereocenters. The Morgan fingerprint density at radius 3 is 2.67 bits per heavy atom. The van der Waals surface area contributed by atoms with E-state index in [0.717, 1.165) is 17.0 Å². The lowest BCUT2D eigenvalue weighted by molar-refractivity contribution is -0.137. The van der Waals surface area contributed by atoms with Crippen LogP contribution in [0.1, 0.15) is 21.0 Å². The second-order valence-electron chi connectivity index (χ2n) is 5.00. The molecule has 3 rings (SSSR count). The van der Waals surface area contributed by atoms with E-state index in [-0.39, 0.29) is 17.1 Å². The van der Waals surface area contributed by atoms with Gasteiger partial charge in [-0.05, 0) is 35.7 Å². The molecule has 1 aromatic carbocycles. The number of nitrogens with one attached hydrogen (secondary N) is 1. The minimum absolute atomic E-state index is 0.0546. The molecule has 0 spiro atoms. The molecule has 0 saturated carbocycles. The van der Waals surface area contributed by atoms with E-state index in [1.807, 2.05) is 17.5 Å². The van der Waals surface area contributed by atoms with Gasteiger partial charge >= 0.3 is 6.18 Å². The Labute approximate surface area is 139 Å². The van der Waals surface area contributed by atoms with E-state index in [4.69, 9.17) is 4.42 Å². The summed E-state index contributed by atoms with van der Waals surface area (Å²) in [7, 11) is 0. The molecule has 0 radical (unpaired) electrons. The summed E-state index contributed by atoms with van der Waals surface area (Å²) in [6, 6.07) is 11.5. The van der Waals surface area contributed by atoms with Gasteiger partial charge in [-0.15, -0.1) is 11.3 Å². The van der Waals surface area contributed by atoms with Crippen LogP contribution < -0.4 is 5.32 Å². The second kappa shape index (κ2) is 6.52. The number of benzene rings is 1. The van der Waals surface area contributed by atoms with Crippen molar-refractivity contribution in [3.63, 3.8) is 0 Å². The summed E-state index contributed by atoms with van der Waals surface area (Å²) in [5, 5.41) is 4.60. The Hall–Kier alpha value is -2.54. The minimum atomic E-state index is -4.43. The number of amides is 1. The van der Waals surface area contributed by atoms with Crippen LogP contribution in [0.2, 0.25) is 0 Å². The first-order valence-electron chi connectivity index (χ1n) is 7.01. The van der Waals surface area contributed by atoms with E-state index >= 15 is 0 Å². The van der Waals surface area contributed by atoms with Gasteiger partial charge < -0.3 is 9.73 Å². The van der Waals surface area contributed by atoms with Gasteiger partial charge in [0.15, 0.2) is 5.76 Å². The third-order valence-corrected chi connectivity index (χ3v) is 4.18. The van der Waals surface area contributed by atoms with Gasteiger partial charge in [0.1, 0.15) is 5.76 Å². The molecular weight excluding hydrogens is 339 g/mol. The van der Waals surface area contributed by atoms with E-state index in [9.17, 15) is 18.0 Å². The Kier molecular flexibility index (Phi) is 4.44. The van der Waals surface area contributed by atoms with E-state index in [0.29, 0.717) is 6.54 Å². The average molecular weight is 351 g/mol. The molecule has 0 saturated heterocycles.